The van der Waals surface area contributed by atoms with Crippen LogP contribution in [0.15, 0.2) is 24.3 Å². The molecule has 1 aromatic carbocycles. The first kappa shape index (κ1) is 14.0. The number of carboxylic acid groups (broad SMARTS) is 1. The molecule has 0 aliphatic carbocycles. The zero-order valence-electron chi connectivity index (χ0n) is 10.7. The number of carboxylic acids is 1. The zero-order chi connectivity index (χ0) is 13.7. The fourth-order valence-corrected chi connectivity index (χ4v) is 1.29. The molecule has 0 fully saturated rings. The average molecular weight is 250 g/mol. The minimum atomic E-state index is -0.924. The lowest BCUT2D eigenvalue weighted by molar-refractivity contribution is -0.137. The van der Waals surface area contributed by atoms with Gasteiger partial charge in [-0.25, -0.2) is 0 Å². The number of benzene rings is 1. The topological polar surface area (TPSA) is 78.4 Å². The van der Waals surface area contributed by atoms with Gasteiger partial charge in [-0.05, 0) is 25.1 Å². The van der Waals surface area contributed by atoms with Crippen LogP contribution in [0, 0.1) is 5.92 Å². The van der Waals surface area contributed by atoms with Crippen molar-refractivity contribution in [2.45, 2.75) is 26.8 Å². The highest BCUT2D eigenvalue weighted by Gasteiger charge is 2.11. The number of hydrogen-bond acceptors (Lipinski definition) is 3. The molecule has 0 radical (unpaired) electrons. The van der Waals surface area contributed by atoms with Gasteiger partial charge in [-0.3, -0.25) is 9.59 Å². The Labute approximate surface area is 106 Å². The van der Waals surface area contributed by atoms with E-state index in [1.807, 2.05) is 13.8 Å². The molecule has 98 valence electrons. The molecule has 18 heavy (non-hydrogen) atoms. The Bertz CT molecular complexity index is 444. The fourth-order valence-electron chi connectivity index (χ4n) is 1.29. The lowest BCUT2D eigenvalue weighted by Gasteiger charge is -2.13. The van der Waals surface area contributed by atoms with Gasteiger partial charge in [0.15, 0.2) is 0 Å². The van der Waals surface area contributed by atoms with Gasteiger partial charge in [-0.15, -0.1) is 0 Å². The van der Waals surface area contributed by atoms with E-state index in [-0.39, 0.29) is 11.8 Å². The van der Waals surface area contributed by atoms with Crippen molar-refractivity contribution in [2.75, 3.05) is 10.6 Å². The Morgan fingerprint density at radius 1 is 1.17 bits per heavy atom. The third-order valence-corrected chi connectivity index (χ3v) is 2.41. The number of anilines is 2. The van der Waals surface area contributed by atoms with Gasteiger partial charge in [0, 0.05) is 17.3 Å². The van der Waals surface area contributed by atoms with Crippen LogP contribution < -0.4 is 10.6 Å². The number of carbonyl (C=O) groups is 2. The van der Waals surface area contributed by atoms with Crippen molar-refractivity contribution in [3.05, 3.63) is 24.3 Å². The summed E-state index contributed by atoms with van der Waals surface area (Å²) >= 11 is 0. The summed E-state index contributed by atoms with van der Waals surface area (Å²) in [5.41, 5.74) is 1.31. The molecule has 5 heteroatoms. The Balaban J connectivity index is 2.73. The third kappa shape index (κ3) is 4.08. The van der Waals surface area contributed by atoms with Crippen molar-refractivity contribution in [1.82, 2.24) is 0 Å². The van der Waals surface area contributed by atoms with Gasteiger partial charge in [0.25, 0.3) is 0 Å². The fraction of sp³-hybridized carbons (Fsp3) is 0.385. The van der Waals surface area contributed by atoms with Crippen LogP contribution in [0.1, 0.15) is 20.8 Å². The van der Waals surface area contributed by atoms with E-state index in [1.165, 1.54) is 0 Å². The van der Waals surface area contributed by atoms with E-state index in [0.717, 1.165) is 0 Å². The molecule has 0 saturated heterocycles. The second kappa shape index (κ2) is 6.05. The summed E-state index contributed by atoms with van der Waals surface area (Å²) in [6, 6.07) is 6.30. The Morgan fingerprint density at radius 2 is 1.78 bits per heavy atom. The van der Waals surface area contributed by atoms with Gasteiger partial charge >= 0.3 is 5.97 Å². The van der Waals surface area contributed by atoms with Gasteiger partial charge in [0.1, 0.15) is 6.04 Å². The Hall–Kier alpha value is -2.04. The molecule has 0 saturated carbocycles. The molecule has 5 nitrogen and oxygen atoms in total. The van der Waals surface area contributed by atoms with E-state index < -0.39 is 12.0 Å². The molecule has 0 heterocycles. The molecule has 1 atom stereocenters. The molecular weight excluding hydrogens is 232 g/mol. The number of amides is 1. The lowest BCUT2D eigenvalue weighted by atomic mass is 10.2. The minimum Gasteiger partial charge on any atom is -0.480 e. The van der Waals surface area contributed by atoms with Crippen LogP contribution in [-0.4, -0.2) is 23.0 Å². The summed E-state index contributed by atoms with van der Waals surface area (Å²) in [6.07, 6.45) is 0. The van der Waals surface area contributed by atoms with E-state index in [0.29, 0.717) is 11.4 Å². The van der Waals surface area contributed by atoms with Crippen LogP contribution in [0.2, 0.25) is 0 Å². The SMILES string of the molecule is CC(C)C(=O)Nc1cccc(NC(C)C(=O)O)c1. The molecule has 0 aliphatic heterocycles. The predicted molar refractivity (Wildman–Crippen MR) is 70.6 cm³/mol. The third-order valence-electron chi connectivity index (χ3n) is 2.41. The van der Waals surface area contributed by atoms with Gasteiger partial charge in [0.05, 0.1) is 0 Å². The first-order valence-electron chi connectivity index (χ1n) is 5.80. The summed E-state index contributed by atoms with van der Waals surface area (Å²) in [6.45, 7) is 5.18. The van der Waals surface area contributed by atoms with E-state index in [1.54, 1.807) is 31.2 Å². The average Bonchev–Trinajstić information content (AvgIpc) is 2.29. The molecule has 1 rings (SSSR count). The minimum absolute atomic E-state index is 0.0709. The molecule has 0 spiro atoms. The highest BCUT2D eigenvalue weighted by atomic mass is 16.4. The molecular formula is C13H18N2O3. The second-order valence-electron chi connectivity index (χ2n) is 4.43. The van der Waals surface area contributed by atoms with Crippen molar-refractivity contribution >= 4 is 23.3 Å². The van der Waals surface area contributed by atoms with Gasteiger partial charge < -0.3 is 15.7 Å². The molecule has 1 amide bonds. The molecule has 1 unspecified atom stereocenters. The predicted octanol–water partition coefficient (Wildman–Crippen LogP) is 2.17. The summed E-state index contributed by atoms with van der Waals surface area (Å²) in [5.74, 6) is -1.09. The van der Waals surface area contributed by atoms with Gasteiger partial charge in [-0.1, -0.05) is 19.9 Å². The van der Waals surface area contributed by atoms with E-state index >= 15 is 0 Å². The van der Waals surface area contributed by atoms with Crippen molar-refractivity contribution in [3.63, 3.8) is 0 Å². The first-order valence-corrected chi connectivity index (χ1v) is 5.80. The van der Waals surface area contributed by atoms with Crippen LogP contribution in [0.5, 0.6) is 0 Å². The maximum atomic E-state index is 11.5. The maximum Gasteiger partial charge on any atom is 0.325 e. The van der Waals surface area contributed by atoms with Gasteiger partial charge in [-0.2, -0.15) is 0 Å². The summed E-state index contributed by atoms with van der Waals surface area (Å²) in [5, 5.41) is 14.4. The molecule has 1 aromatic rings. The summed E-state index contributed by atoms with van der Waals surface area (Å²) in [4.78, 5) is 22.3. The molecule has 0 bridgehead atoms. The van der Waals surface area contributed by atoms with E-state index in [4.69, 9.17) is 5.11 Å². The summed E-state index contributed by atoms with van der Waals surface area (Å²) < 4.78 is 0. The second-order valence-corrected chi connectivity index (χ2v) is 4.43. The lowest BCUT2D eigenvalue weighted by Crippen LogP contribution is -2.25. The van der Waals surface area contributed by atoms with Crippen molar-refractivity contribution < 1.29 is 14.7 Å². The molecule has 3 N–H and O–H groups in total. The van der Waals surface area contributed by atoms with Crippen LogP contribution in [-0.2, 0) is 9.59 Å². The van der Waals surface area contributed by atoms with E-state index in [9.17, 15) is 9.59 Å². The van der Waals surface area contributed by atoms with Crippen LogP contribution in [0.3, 0.4) is 0 Å². The largest absolute Gasteiger partial charge is 0.480 e. The zero-order valence-corrected chi connectivity index (χ0v) is 10.7. The van der Waals surface area contributed by atoms with Crippen molar-refractivity contribution in [2.24, 2.45) is 5.92 Å². The normalized spacial score (nSPS) is 12.0. The molecule has 0 aliphatic rings. The number of hydrogen-bond donors (Lipinski definition) is 3. The van der Waals surface area contributed by atoms with Crippen molar-refractivity contribution in [3.8, 4) is 0 Å². The summed E-state index contributed by atoms with van der Waals surface area (Å²) in [7, 11) is 0. The number of rotatable bonds is 5. The molecule has 0 aromatic heterocycles. The number of nitrogens with one attached hydrogen (secondary N) is 2. The first-order chi connectivity index (χ1) is 8.40. The monoisotopic (exact) mass is 250 g/mol. The Kier molecular flexibility index (Phi) is 4.71. The van der Waals surface area contributed by atoms with Crippen LogP contribution >= 0.6 is 0 Å². The quantitative estimate of drug-likeness (QED) is 0.748. The smallest absolute Gasteiger partial charge is 0.325 e. The maximum absolute atomic E-state index is 11.5. The Morgan fingerprint density at radius 3 is 2.33 bits per heavy atom. The number of carbonyl (C=O) groups excluding carboxylic acids is 1. The number of aliphatic carboxylic acids is 1. The van der Waals surface area contributed by atoms with Crippen LogP contribution in [0.4, 0.5) is 11.4 Å². The standard InChI is InChI=1S/C13H18N2O3/c1-8(2)12(16)15-11-6-4-5-10(7-11)14-9(3)13(17)18/h4-9,14H,1-3H3,(H,15,16)(H,17,18). The highest BCUT2D eigenvalue weighted by Crippen LogP contribution is 2.16. The van der Waals surface area contributed by atoms with Crippen LogP contribution in [0.25, 0.3) is 0 Å². The van der Waals surface area contributed by atoms with Crippen molar-refractivity contribution in [1.29, 1.82) is 0 Å². The van der Waals surface area contributed by atoms with Gasteiger partial charge in [0.2, 0.25) is 5.91 Å². The highest BCUT2D eigenvalue weighted by molar-refractivity contribution is 5.92. The van der Waals surface area contributed by atoms with E-state index in [2.05, 4.69) is 10.6 Å².